The lowest BCUT2D eigenvalue weighted by molar-refractivity contribution is 0.274. The van der Waals surface area contributed by atoms with Crippen LogP contribution in [-0.4, -0.2) is 11.5 Å². The van der Waals surface area contributed by atoms with Gasteiger partial charge in [-0.25, -0.2) is 4.98 Å². The molecule has 0 aliphatic carbocycles. The number of nitrogen functional groups attached to an aromatic ring is 1. The van der Waals surface area contributed by atoms with E-state index in [0.717, 1.165) is 6.54 Å². The largest absolute Gasteiger partial charge is 0.397 e. The van der Waals surface area contributed by atoms with E-state index in [9.17, 15) is 0 Å². The fraction of sp³-hybridized carbons (Fsp3) is 0.583. The molecule has 1 heterocycles. The zero-order chi connectivity index (χ0) is 12.3. The Labute approximate surface area is 102 Å². The van der Waals surface area contributed by atoms with Crippen molar-refractivity contribution in [1.29, 1.82) is 0 Å². The Morgan fingerprint density at radius 3 is 2.62 bits per heavy atom. The lowest BCUT2D eigenvalue weighted by Gasteiger charge is -2.27. The SMILES string of the molecule is CC(CNc1ncc(N)cc1Cl)C(C)(C)C. The van der Waals surface area contributed by atoms with E-state index in [1.54, 1.807) is 12.3 Å². The number of nitrogens with zero attached hydrogens (tertiary/aromatic N) is 1. The normalized spacial score (nSPS) is 13.6. The van der Waals surface area contributed by atoms with Gasteiger partial charge in [0.15, 0.2) is 0 Å². The average Bonchev–Trinajstić information content (AvgIpc) is 2.14. The summed E-state index contributed by atoms with van der Waals surface area (Å²) in [4.78, 5) is 4.16. The second-order valence-corrected chi connectivity index (χ2v) is 5.65. The van der Waals surface area contributed by atoms with Crippen LogP contribution in [0.5, 0.6) is 0 Å². The summed E-state index contributed by atoms with van der Waals surface area (Å²) in [6, 6.07) is 1.71. The standard InChI is InChI=1S/C12H20ClN3/c1-8(12(2,3)4)6-15-11-10(13)5-9(14)7-16-11/h5,7-8H,6,14H2,1-4H3,(H,15,16). The van der Waals surface area contributed by atoms with Crippen molar-refractivity contribution in [1.82, 2.24) is 4.98 Å². The number of hydrogen-bond acceptors (Lipinski definition) is 3. The minimum Gasteiger partial charge on any atom is -0.397 e. The summed E-state index contributed by atoms with van der Waals surface area (Å²) < 4.78 is 0. The fourth-order valence-electron chi connectivity index (χ4n) is 1.14. The molecule has 0 saturated carbocycles. The van der Waals surface area contributed by atoms with Crippen LogP contribution in [0.15, 0.2) is 12.3 Å². The minimum absolute atomic E-state index is 0.271. The zero-order valence-corrected chi connectivity index (χ0v) is 11.1. The molecule has 16 heavy (non-hydrogen) atoms. The third-order valence-electron chi connectivity index (χ3n) is 2.92. The van der Waals surface area contributed by atoms with Crippen LogP contribution in [0.4, 0.5) is 11.5 Å². The van der Waals surface area contributed by atoms with Crippen LogP contribution in [0.1, 0.15) is 27.7 Å². The summed E-state index contributed by atoms with van der Waals surface area (Å²) in [7, 11) is 0. The summed E-state index contributed by atoms with van der Waals surface area (Å²) in [5, 5.41) is 3.82. The average molecular weight is 242 g/mol. The Bertz CT molecular complexity index is 358. The number of halogens is 1. The van der Waals surface area contributed by atoms with E-state index in [1.807, 2.05) is 0 Å². The lowest BCUT2D eigenvalue weighted by Crippen LogP contribution is -2.25. The van der Waals surface area contributed by atoms with E-state index < -0.39 is 0 Å². The number of anilines is 2. The quantitative estimate of drug-likeness (QED) is 0.853. The number of nitrogens with two attached hydrogens (primary N) is 1. The Morgan fingerprint density at radius 1 is 1.50 bits per heavy atom. The Balaban J connectivity index is 2.62. The number of hydrogen-bond donors (Lipinski definition) is 2. The van der Waals surface area contributed by atoms with E-state index in [1.165, 1.54) is 0 Å². The maximum atomic E-state index is 6.02. The molecule has 1 unspecified atom stereocenters. The number of aromatic nitrogens is 1. The van der Waals surface area contributed by atoms with Gasteiger partial charge in [-0.05, 0) is 17.4 Å². The highest BCUT2D eigenvalue weighted by Gasteiger charge is 2.19. The van der Waals surface area contributed by atoms with Crippen LogP contribution in [0.25, 0.3) is 0 Å². The van der Waals surface area contributed by atoms with Crippen molar-refractivity contribution < 1.29 is 0 Å². The number of nitrogens with one attached hydrogen (secondary N) is 1. The first kappa shape index (κ1) is 13.1. The van der Waals surface area contributed by atoms with Gasteiger partial charge >= 0.3 is 0 Å². The van der Waals surface area contributed by atoms with Crippen LogP contribution < -0.4 is 11.1 Å². The van der Waals surface area contributed by atoms with Crippen molar-refractivity contribution in [3.8, 4) is 0 Å². The third kappa shape index (κ3) is 3.56. The van der Waals surface area contributed by atoms with Gasteiger partial charge in [0.1, 0.15) is 5.82 Å². The van der Waals surface area contributed by atoms with Crippen LogP contribution in [0.2, 0.25) is 5.02 Å². The molecule has 3 nitrogen and oxygen atoms in total. The van der Waals surface area contributed by atoms with Gasteiger partial charge in [0, 0.05) is 6.54 Å². The molecule has 1 aromatic rings. The summed E-state index contributed by atoms with van der Waals surface area (Å²) in [6.07, 6.45) is 1.61. The molecule has 90 valence electrons. The first-order chi connectivity index (χ1) is 7.30. The van der Waals surface area contributed by atoms with E-state index in [0.29, 0.717) is 22.4 Å². The second kappa shape index (κ2) is 4.91. The predicted molar refractivity (Wildman–Crippen MR) is 70.8 cm³/mol. The van der Waals surface area contributed by atoms with Gasteiger partial charge in [-0.15, -0.1) is 0 Å². The Kier molecular flexibility index (Phi) is 4.03. The monoisotopic (exact) mass is 241 g/mol. The van der Waals surface area contributed by atoms with Gasteiger partial charge < -0.3 is 11.1 Å². The summed E-state index contributed by atoms with van der Waals surface area (Å²) in [5.74, 6) is 1.23. The fourth-order valence-corrected chi connectivity index (χ4v) is 1.38. The molecule has 0 fully saturated rings. The van der Waals surface area contributed by atoms with Crippen LogP contribution in [0.3, 0.4) is 0 Å². The van der Waals surface area contributed by atoms with E-state index in [2.05, 4.69) is 38.0 Å². The molecule has 0 spiro atoms. The van der Waals surface area contributed by atoms with Gasteiger partial charge in [0.05, 0.1) is 16.9 Å². The van der Waals surface area contributed by atoms with Crippen molar-refractivity contribution in [3.63, 3.8) is 0 Å². The molecule has 4 heteroatoms. The number of rotatable bonds is 3. The molecule has 0 radical (unpaired) electrons. The van der Waals surface area contributed by atoms with Gasteiger partial charge in [0.25, 0.3) is 0 Å². The first-order valence-electron chi connectivity index (χ1n) is 5.45. The van der Waals surface area contributed by atoms with Crippen molar-refractivity contribution >= 4 is 23.1 Å². The topological polar surface area (TPSA) is 50.9 Å². The molecule has 0 aliphatic rings. The highest BCUT2D eigenvalue weighted by atomic mass is 35.5. The van der Waals surface area contributed by atoms with Gasteiger partial charge in [-0.3, -0.25) is 0 Å². The molecule has 1 aromatic heterocycles. The van der Waals surface area contributed by atoms with Gasteiger partial charge in [-0.2, -0.15) is 0 Å². The summed E-state index contributed by atoms with van der Waals surface area (Å²) in [6.45, 7) is 9.71. The molecule has 0 saturated heterocycles. The van der Waals surface area contributed by atoms with Crippen molar-refractivity contribution in [2.45, 2.75) is 27.7 Å². The van der Waals surface area contributed by atoms with Crippen molar-refractivity contribution in [3.05, 3.63) is 17.3 Å². The van der Waals surface area contributed by atoms with Crippen molar-refractivity contribution in [2.24, 2.45) is 11.3 Å². The van der Waals surface area contributed by atoms with Crippen LogP contribution in [-0.2, 0) is 0 Å². The van der Waals surface area contributed by atoms with Gasteiger partial charge in [-0.1, -0.05) is 39.3 Å². The second-order valence-electron chi connectivity index (χ2n) is 5.25. The van der Waals surface area contributed by atoms with E-state index in [4.69, 9.17) is 17.3 Å². The predicted octanol–water partition coefficient (Wildman–Crippen LogP) is 3.41. The van der Waals surface area contributed by atoms with Crippen LogP contribution in [0, 0.1) is 11.3 Å². The smallest absolute Gasteiger partial charge is 0.144 e. The Hall–Kier alpha value is -0.960. The molecular formula is C12H20ClN3. The molecule has 1 rings (SSSR count). The van der Waals surface area contributed by atoms with Crippen LogP contribution >= 0.6 is 11.6 Å². The van der Waals surface area contributed by atoms with Crippen molar-refractivity contribution in [2.75, 3.05) is 17.6 Å². The van der Waals surface area contributed by atoms with E-state index in [-0.39, 0.29) is 5.41 Å². The molecule has 1 atom stereocenters. The maximum absolute atomic E-state index is 6.02. The first-order valence-corrected chi connectivity index (χ1v) is 5.83. The molecule has 0 bridgehead atoms. The third-order valence-corrected chi connectivity index (χ3v) is 3.20. The number of pyridine rings is 1. The lowest BCUT2D eigenvalue weighted by atomic mass is 9.82. The molecule has 0 amide bonds. The highest BCUT2D eigenvalue weighted by Crippen LogP contribution is 2.27. The minimum atomic E-state index is 0.271. The Morgan fingerprint density at radius 2 is 2.12 bits per heavy atom. The molecule has 0 aliphatic heterocycles. The summed E-state index contributed by atoms with van der Waals surface area (Å²) >= 11 is 6.02. The maximum Gasteiger partial charge on any atom is 0.144 e. The molecule has 0 aromatic carbocycles. The molecular weight excluding hydrogens is 222 g/mol. The van der Waals surface area contributed by atoms with E-state index >= 15 is 0 Å². The summed E-state index contributed by atoms with van der Waals surface area (Å²) in [5.41, 5.74) is 6.43. The highest BCUT2D eigenvalue weighted by molar-refractivity contribution is 6.33. The zero-order valence-electron chi connectivity index (χ0n) is 10.3. The molecule has 3 N–H and O–H groups in total. The van der Waals surface area contributed by atoms with Gasteiger partial charge in [0.2, 0.25) is 0 Å².